The number of nitrogens with zero attached hydrogens (tertiary/aromatic N) is 2. The lowest BCUT2D eigenvalue weighted by molar-refractivity contribution is 0.0845. The second kappa shape index (κ2) is 6.90. The molecule has 8 nitrogen and oxygen atoms in total. The molecule has 1 saturated carbocycles. The summed E-state index contributed by atoms with van der Waals surface area (Å²) in [5, 5.41) is 7.56. The van der Waals surface area contributed by atoms with Gasteiger partial charge in [-0.2, -0.15) is 5.10 Å². The number of hydrogen-bond donors (Lipinski definition) is 3. The molecule has 0 aliphatic heterocycles. The van der Waals surface area contributed by atoms with Crippen LogP contribution in [0.1, 0.15) is 45.3 Å². The van der Waals surface area contributed by atoms with Crippen LogP contribution in [0.2, 0.25) is 0 Å². The number of fused-ring (bicyclic) bond motifs is 1. The Bertz CT molecular complexity index is 1210. The van der Waals surface area contributed by atoms with Gasteiger partial charge >= 0.3 is 0 Å². The largest absolute Gasteiger partial charge is 0.463 e. The molecular formula is C21H17N5O3. The Kier molecular flexibility index (Phi) is 4.09. The minimum absolute atomic E-state index is 0.239. The minimum Gasteiger partial charge on any atom is -0.463 e. The quantitative estimate of drug-likeness (QED) is 0.466. The molecule has 8 heteroatoms. The second-order valence-electron chi connectivity index (χ2n) is 6.94. The fourth-order valence-electron chi connectivity index (χ4n) is 3.22. The molecule has 0 saturated heterocycles. The lowest BCUT2D eigenvalue weighted by Crippen LogP contribution is -2.41. The first-order chi connectivity index (χ1) is 14.2. The van der Waals surface area contributed by atoms with Crippen LogP contribution in [0, 0.1) is 0 Å². The number of rotatable bonds is 4. The van der Waals surface area contributed by atoms with Crippen molar-refractivity contribution in [2.24, 2.45) is 0 Å². The molecule has 0 radical (unpaired) electrons. The summed E-state index contributed by atoms with van der Waals surface area (Å²) in [5.74, 6) is 0.0774. The van der Waals surface area contributed by atoms with Gasteiger partial charge in [0.15, 0.2) is 11.5 Å². The normalized spacial score (nSPS) is 13.4. The molecule has 0 unspecified atom stereocenters. The number of nitrogens with one attached hydrogen (secondary N) is 3. The molecule has 4 aromatic rings. The van der Waals surface area contributed by atoms with E-state index in [-0.39, 0.29) is 5.69 Å². The maximum absolute atomic E-state index is 12.8. The Hall–Kier alpha value is -3.94. The van der Waals surface area contributed by atoms with Gasteiger partial charge in [-0.25, -0.2) is 4.98 Å². The van der Waals surface area contributed by atoms with Crippen LogP contribution >= 0.6 is 0 Å². The Morgan fingerprint density at radius 2 is 1.86 bits per heavy atom. The van der Waals surface area contributed by atoms with Crippen molar-refractivity contribution in [1.29, 1.82) is 0 Å². The number of carbonyl (C=O) groups is 2. The maximum atomic E-state index is 12.8. The van der Waals surface area contributed by atoms with Crippen LogP contribution in [0.5, 0.6) is 0 Å². The van der Waals surface area contributed by atoms with E-state index in [2.05, 4.69) is 26.0 Å². The van der Waals surface area contributed by atoms with Crippen molar-refractivity contribution in [1.82, 2.24) is 26.0 Å². The predicted molar refractivity (Wildman–Crippen MR) is 105 cm³/mol. The van der Waals surface area contributed by atoms with E-state index >= 15 is 0 Å². The Morgan fingerprint density at radius 1 is 1.03 bits per heavy atom. The summed E-state index contributed by atoms with van der Waals surface area (Å²) in [6, 6.07) is 14.2. The molecule has 3 N–H and O–H groups in total. The number of aromatic nitrogens is 3. The van der Waals surface area contributed by atoms with E-state index in [1.54, 1.807) is 36.6 Å². The van der Waals surface area contributed by atoms with Gasteiger partial charge in [-0.1, -0.05) is 18.2 Å². The first kappa shape index (κ1) is 17.2. The number of para-hydroxylation sites is 1. The molecule has 2 amide bonds. The van der Waals surface area contributed by atoms with Gasteiger partial charge < -0.3 is 4.42 Å². The van der Waals surface area contributed by atoms with Crippen molar-refractivity contribution in [3.05, 3.63) is 71.7 Å². The first-order valence-electron chi connectivity index (χ1n) is 9.29. The summed E-state index contributed by atoms with van der Waals surface area (Å²) >= 11 is 0. The molecule has 0 atom stereocenters. The predicted octanol–water partition coefficient (Wildman–Crippen LogP) is 3.17. The smallest absolute Gasteiger partial charge is 0.290 e. The lowest BCUT2D eigenvalue weighted by atomic mass is 10.1. The highest BCUT2D eigenvalue weighted by Crippen LogP contribution is 2.38. The zero-order chi connectivity index (χ0) is 19.8. The van der Waals surface area contributed by atoms with E-state index in [0.717, 1.165) is 18.5 Å². The average Bonchev–Trinajstić information content (AvgIpc) is 3.24. The summed E-state index contributed by atoms with van der Waals surface area (Å²) in [5.41, 5.74) is 7.64. The van der Waals surface area contributed by atoms with E-state index in [4.69, 9.17) is 4.42 Å². The van der Waals surface area contributed by atoms with Crippen LogP contribution in [0.4, 0.5) is 0 Å². The van der Waals surface area contributed by atoms with Crippen molar-refractivity contribution in [2.75, 3.05) is 0 Å². The summed E-state index contributed by atoms with van der Waals surface area (Å²) in [6.07, 6.45) is 3.76. The molecule has 3 heterocycles. The molecule has 144 valence electrons. The SMILES string of the molecule is O=C(NNC(=O)c1cc(-c2ccco2)nc2ccccc12)c1cc(C2CC2)[nH]n1. The van der Waals surface area contributed by atoms with Crippen molar-refractivity contribution < 1.29 is 14.0 Å². The van der Waals surface area contributed by atoms with Gasteiger partial charge in [0.25, 0.3) is 11.8 Å². The number of pyridine rings is 1. The second-order valence-corrected chi connectivity index (χ2v) is 6.94. The van der Waals surface area contributed by atoms with Crippen molar-refractivity contribution in [3.8, 4) is 11.5 Å². The fraction of sp³-hybridized carbons (Fsp3) is 0.143. The fourth-order valence-corrected chi connectivity index (χ4v) is 3.22. The first-order valence-corrected chi connectivity index (χ1v) is 9.29. The zero-order valence-corrected chi connectivity index (χ0v) is 15.3. The van der Waals surface area contributed by atoms with Crippen LogP contribution in [-0.4, -0.2) is 27.0 Å². The van der Waals surface area contributed by atoms with E-state index in [1.807, 2.05) is 18.2 Å². The summed E-state index contributed by atoms with van der Waals surface area (Å²) < 4.78 is 5.41. The molecule has 1 aliphatic rings. The molecule has 5 rings (SSSR count). The summed E-state index contributed by atoms with van der Waals surface area (Å²) in [4.78, 5) is 29.7. The van der Waals surface area contributed by atoms with Crippen molar-refractivity contribution >= 4 is 22.7 Å². The minimum atomic E-state index is -0.480. The van der Waals surface area contributed by atoms with Gasteiger partial charge in [-0.3, -0.25) is 25.5 Å². The number of carbonyl (C=O) groups excluding carboxylic acids is 2. The molecule has 0 spiro atoms. The topological polar surface area (TPSA) is 113 Å². The van der Waals surface area contributed by atoms with Crippen LogP contribution in [0.3, 0.4) is 0 Å². The Morgan fingerprint density at radius 3 is 2.66 bits per heavy atom. The summed E-state index contributed by atoms with van der Waals surface area (Å²) in [7, 11) is 0. The van der Waals surface area contributed by atoms with Gasteiger partial charge in [0.2, 0.25) is 0 Å². The number of benzene rings is 1. The highest BCUT2D eigenvalue weighted by atomic mass is 16.3. The van der Waals surface area contributed by atoms with Gasteiger partial charge in [-0.15, -0.1) is 0 Å². The molecule has 1 aliphatic carbocycles. The number of H-pyrrole nitrogens is 1. The number of hydrogen-bond acceptors (Lipinski definition) is 5. The van der Waals surface area contributed by atoms with Crippen molar-refractivity contribution in [2.45, 2.75) is 18.8 Å². The highest BCUT2D eigenvalue weighted by Gasteiger charge is 2.26. The van der Waals surface area contributed by atoms with Crippen LogP contribution in [0.25, 0.3) is 22.4 Å². The van der Waals surface area contributed by atoms with Gasteiger partial charge in [0, 0.05) is 17.0 Å². The number of hydrazine groups is 1. The molecule has 1 aromatic carbocycles. The van der Waals surface area contributed by atoms with Gasteiger partial charge in [0.1, 0.15) is 5.69 Å². The van der Waals surface area contributed by atoms with Gasteiger partial charge in [0.05, 0.1) is 17.3 Å². The third-order valence-electron chi connectivity index (χ3n) is 4.87. The van der Waals surface area contributed by atoms with E-state index < -0.39 is 11.8 Å². The molecule has 3 aromatic heterocycles. The van der Waals surface area contributed by atoms with Crippen LogP contribution in [-0.2, 0) is 0 Å². The average molecular weight is 387 g/mol. The number of aromatic amines is 1. The Balaban J connectivity index is 1.39. The molecule has 1 fully saturated rings. The standard InChI is InChI=1S/C21H17N5O3/c27-20(25-26-21(28)18-11-16(23-24-18)12-7-8-12)14-10-17(19-6-3-9-29-19)22-15-5-2-1-4-13(14)15/h1-6,9-12H,7-8H2,(H,23,24)(H,25,27)(H,26,28). The zero-order valence-electron chi connectivity index (χ0n) is 15.3. The van der Waals surface area contributed by atoms with Crippen LogP contribution in [0.15, 0.2) is 59.2 Å². The monoisotopic (exact) mass is 387 g/mol. The van der Waals surface area contributed by atoms with E-state index in [0.29, 0.717) is 33.8 Å². The maximum Gasteiger partial charge on any atom is 0.290 e. The highest BCUT2D eigenvalue weighted by molar-refractivity contribution is 6.08. The van der Waals surface area contributed by atoms with Crippen LogP contribution < -0.4 is 10.9 Å². The van der Waals surface area contributed by atoms with Gasteiger partial charge in [-0.05, 0) is 43.2 Å². The van der Waals surface area contributed by atoms with E-state index in [1.165, 1.54) is 0 Å². The molecular weight excluding hydrogens is 370 g/mol. The number of amides is 2. The van der Waals surface area contributed by atoms with Crippen molar-refractivity contribution in [3.63, 3.8) is 0 Å². The molecule has 29 heavy (non-hydrogen) atoms. The summed E-state index contributed by atoms with van der Waals surface area (Å²) in [6.45, 7) is 0. The van der Waals surface area contributed by atoms with E-state index in [9.17, 15) is 9.59 Å². The third kappa shape index (κ3) is 3.36. The Labute approximate surface area is 165 Å². The lowest BCUT2D eigenvalue weighted by Gasteiger charge is -2.10. The third-order valence-corrected chi connectivity index (χ3v) is 4.87. The number of furan rings is 1. The molecule has 0 bridgehead atoms.